The first-order valence-electron chi connectivity index (χ1n) is 18.8. The molecule has 8 rings (SSSR count). The van der Waals surface area contributed by atoms with Crippen LogP contribution in [0.15, 0.2) is 109 Å². The van der Waals surface area contributed by atoms with Crippen molar-refractivity contribution in [2.75, 3.05) is 0 Å². The lowest BCUT2D eigenvalue weighted by atomic mass is 9.70. The Bertz CT molecular complexity index is 1960. The molecule has 0 N–H and O–H groups in total. The van der Waals surface area contributed by atoms with Crippen molar-refractivity contribution in [2.45, 2.75) is 108 Å². The maximum atomic E-state index is 5.62. The molecule has 0 aliphatic heterocycles. The molecule has 0 amide bonds. The van der Waals surface area contributed by atoms with Gasteiger partial charge in [0, 0.05) is 21.9 Å². The van der Waals surface area contributed by atoms with Crippen LogP contribution in [-0.4, -0.2) is 9.97 Å². The van der Waals surface area contributed by atoms with E-state index in [9.17, 15) is 0 Å². The molecule has 0 radical (unpaired) electrons. The molecular weight excluding hydrogens is 593 g/mol. The summed E-state index contributed by atoms with van der Waals surface area (Å²) >= 11 is 0. The third-order valence-electron chi connectivity index (χ3n) is 12.3. The molecule has 0 spiro atoms. The monoisotopic (exact) mass is 642 g/mol. The molecule has 0 unspecified atom stereocenters. The van der Waals surface area contributed by atoms with Crippen LogP contribution < -0.4 is 0 Å². The molecular formula is C47H50N2. The van der Waals surface area contributed by atoms with Crippen molar-refractivity contribution in [2.24, 2.45) is 0 Å². The Labute approximate surface area is 293 Å². The average molecular weight is 643 g/mol. The molecule has 4 aromatic carbocycles. The molecule has 0 atom stereocenters. The van der Waals surface area contributed by atoms with Gasteiger partial charge < -0.3 is 0 Å². The van der Waals surface area contributed by atoms with Crippen LogP contribution in [0.25, 0.3) is 44.1 Å². The zero-order valence-corrected chi connectivity index (χ0v) is 29.9. The fraction of sp³-hybridized carbons (Fsp3) is 0.362. The van der Waals surface area contributed by atoms with Crippen LogP contribution >= 0.6 is 0 Å². The first kappa shape index (κ1) is 31.9. The predicted octanol–water partition coefficient (Wildman–Crippen LogP) is 12.9. The molecule has 2 nitrogen and oxygen atoms in total. The first-order valence-corrected chi connectivity index (χ1v) is 18.8. The van der Waals surface area contributed by atoms with E-state index in [0.29, 0.717) is 0 Å². The maximum Gasteiger partial charge on any atom is 0.0712 e. The van der Waals surface area contributed by atoms with Crippen molar-refractivity contribution in [3.8, 4) is 22.5 Å². The van der Waals surface area contributed by atoms with Crippen molar-refractivity contribution in [1.82, 2.24) is 9.97 Å². The lowest BCUT2D eigenvalue weighted by Crippen LogP contribution is -2.27. The minimum atomic E-state index is -0.482. The number of pyridine rings is 2. The van der Waals surface area contributed by atoms with E-state index in [1.54, 1.807) is 0 Å². The van der Waals surface area contributed by atoms with Gasteiger partial charge in [0.1, 0.15) is 0 Å². The molecule has 2 aliphatic carbocycles. The minimum Gasteiger partial charge on any atom is -0.251 e. The summed E-state index contributed by atoms with van der Waals surface area (Å²) in [5.41, 5.74) is 9.38. The highest BCUT2D eigenvalue weighted by molar-refractivity contribution is 5.93. The van der Waals surface area contributed by atoms with Gasteiger partial charge in [-0.05, 0) is 96.5 Å². The molecule has 2 heteroatoms. The van der Waals surface area contributed by atoms with Gasteiger partial charge in [-0.1, -0.05) is 137 Å². The second-order valence-corrected chi connectivity index (χ2v) is 16.2. The van der Waals surface area contributed by atoms with Gasteiger partial charge in [0.05, 0.1) is 28.2 Å². The van der Waals surface area contributed by atoms with E-state index in [2.05, 4.69) is 137 Å². The van der Waals surface area contributed by atoms with Crippen LogP contribution in [0, 0.1) is 0 Å². The van der Waals surface area contributed by atoms with Gasteiger partial charge in [-0.2, -0.15) is 0 Å². The minimum absolute atomic E-state index is 0.203. The summed E-state index contributed by atoms with van der Waals surface area (Å²) in [6.07, 6.45) is 12.9. The van der Waals surface area contributed by atoms with Crippen molar-refractivity contribution < 1.29 is 0 Å². The lowest BCUT2D eigenvalue weighted by Gasteiger charge is -2.35. The van der Waals surface area contributed by atoms with E-state index in [1.807, 2.05) is 0 Å². The Morgan fingerprint density at radius 2 is 0.857 bits per heavy atom. The van der Waals surface area contributed by atoms with Crippen molar-refractivity contribution in [3.63, 3.8) is 0 Å². The zero-order valence-electron chi connectivity index (χ0n) is 29.9. The van der Waals surface area contributed by atoms with Gasteiger partial charge >= 0.3 is 0 Å². The molecule has 2 aromatic heterocycles. The van der Waals surface area contributed by atoms with Crippen LogP contribution in [0.4, 0.5) is 0 Å². The highest BCUT2D eigenvalue weighted by Gasteiger charge is 2.35. The van der Waals surface area contributed by atoms with Gasteiger partial charge in [0.15, 0.2) is 0 Å². The number of rotatable bonds is 6. The van der Waals surface area contributed by atoms with E-state index in [0.717, 1.165) is 33.9 Å². The molecule has 248 valence electrons. The second kappa shape index (κ2) is 12.5. The summed E-state index contributed by atoms with van der Waals surface area (Å²) in [6, 6.07) is 40.5. The molecule has 2 saturated carbocycles. The normalized spacial score (nSPS) is 17.7. The summed E-state index contributed by atoms with van der Waals surface area (Å²) in [5, 5.41) is 5.01. The standard InChI is InChI=1S/C47H50N2/c1-45(2,43-39-31-37(46(3)25-13-7-14-26-46)23-21-35(39)29-41(48-43)33-17-9-5-10-18-33)44-40-32-38(47(4)27-15-8-16-28-47)24-22-36(40)30-42(49-44)34-19-11-6-12-20-34/h5-6,9-12,17-24,29-32H,7-8,13-16,25-28H2,1-4H3. The Hall–Kier alpha value is -4.30. The molecule has 2 heterocycles. The molecule has 2 aliphatic rings. The second-order valence-electron chi connectivity index (χ2n) is 16.2. The van der Waals surface area contributed by atoms with Gasteiger partial charge in [0.25, 0.3) is 0 Å². The Kier molecular flexibility index (Phi) is 8.18. The van der Waals surface area contributed by atoms with E-state index in [4.69, 9.17) is 9.97 Å². The molecule has 0 saturated heterocycles. The highest BCUT2D eigenvalue weighted by Crippen LogP contribution is 2.45. The van der Waals surface area contributed by atoms with E-state index < -0.39 is 5.41 Å². The highest BCUT2D eigenvalue weighted by atomic mass is 14.8. The number of aromatic nitrogens is 2. The van der Waals surface area contributed by atoms with Gasteiger partial charge in [-0.3, -0.25) is 9.97 Å². The quantitative estimate of drug-likeness (QED) is 0.181. The number of hydrogen-bond donors (Lipinski definition) is 0. The fourth-order valence-corrected chi connectivity index (χ4v) is 9.07. The van der Waals surface area contributed by atoms with Crippen molar-refractivity contribution in [1.29, 1.82) is 0 Å². The summed E-state index contributed by atoms with van der Waals surface area (Å²) in [7, 11) is 0. The van der Waals surface area contributed by atoms with Crippen LogP contribution in [0.5, 0.6) is 0 Å². The van der Waals surface area contributed by atoms with Crippen LogP contribution in [-0.2, 0) is 16.2 Å². The fourth-order valence-electron chi connectivity index (χ4n) is 9.07. The van der Waals surface area contributed by atoms with E-state index >= 15 is 0 Å². The Morgan fingerprint density at radius 1 is 0.469 bits per heavy atom. The lowest BCUT2D eigenvalue weighted by molar-refractivity contribution is 0.320. The topological polar surface area (TPSA) is 25.8 Å². The summed E-state index contributed by atoms with van der Waals surface area (Å²) in [4.78, 5) is 11.2. The zero-order chi connectivity index (χ0) is 33.6. The van der Waals surface area contributed by atoms with Crippen LogP contribution in [0.2, 0.25) is 0 Å². The number of benzene rings is 4. The number of hydrogen-bond acceptors (Lipinski definition) is 2. The first-order chi connectivity index (χ1) is 23.7. The van der Waals surface area contributed by atoms with Crippen molar-refractivity contribution in [3.05, 3.63) is 132 Å². The van der Waals surface area contributed by atoms with Gasteiger partial charge in [-0.15, -0.1) is 0 Å². The van der Waals surface area contributed by atoms with E-state index in [-0.39, 0.29) is 10.8 Å². The van der Waals surface area contributed by atoms with Gasteiger partial charge in [0.2, 0.25) is 0 Å². The summed E-state index contributed by atoms with van der Waals surface area (Å²) in [6.45, 7) is 9.69. The maximum absolute atomic E-state index is 5.62. The molecule has 0 bridgehead atoms. The predicted molar refractivity (Wildman–Crippen MR) is 207 cm³/mol. The Balaban J connectivity index is 1.39. The number of fused-ring (bicyclic) bond motifs is 2. The van der Waals surface area contributed by atoms with Crippen LogP contribution in [0.3, 0.4) is 0 Å². The van der Waals surface area contributed by atoms with Crippen LogP contribution in [0.1, 0.15) is 114 Å². The third kappa shape index (κ3) is 5.88. The third-order valence-corrected chi connectivity index (χ3v) is 12.3. The van der Waals surface area contributed by atoms with Crippen molar-refractivity contribution >= 4 is 21.5 Å². The Morgan fingerprint density at radius 3 is 1.24 bits per heavy atom. The SMILES string of the molecule is CC1(c2ccc3cc(-c4ccccc4)nc(C(C)(C)c4nc(-c5ccccc5)cc5ccc(C6(C)CCCCC6)cc45)c3c2)CCCCC1. The smallest absolute Gasteiger partial charge is 0.0712 e. The summed E-state index contributed by atoms with van der Waals surface area (Å²) < 4.78 is 0. The molecule has 49 heavy (non-hydrogen) atoms. The summed E-state index contributed by atoms with van der Waals surface area (Å²) in [5.74, 6) is 0. The van der Waals surface area contributed by atoms with Gasteiger partial charge in [-0.25, -0.2) is 0 Å². The number of nitrogens with zero attached hydrogens (tertiary/aromatic N) is 2. The van der Waals surface area contributed by atoms with E-state index in [1.165, 1.54) is 96.9 Å². The average Bonchev–Trinajstić information content (AvgIpc) is 3.14. The largest absolute Gasteiger partial charge is 0.251 e. The molecule has 2 fully saturated rings. The molecule has 6 aromatic rings.